The van der Waals surface area contributed by atoms with Crippen LogP contribution in [-0.2, 0) is 4.79 Å². The van der Waals surface area contributed by atoms with Gasteiger partial charge in [0.05, 0.1) is 12.5 Å². The first-order valence-corrected chi connectivity index (χ1v) is 7.14. The van der Waals surface area contributed by atoms with Gasteiger partial charge in [-0.2, -0.15) is 0 Å². The highest BCUT2D eigenvalue weighted by Crippen LogP contribution is 2.37. The molecule has 0 aromatic heterocycles. The van der Waals surface area contributed by atoms with Crippen molar-refractivity contribution in [3.05, 3.63) is 29.3 Å². The zero-order chi connectivity index (χ0) is 16.4. The van der Waals surface area contributed by atoms with Crippen molar-refractivity contribution in [3.8, 4) is 0 Å². The summed E-state index contributed by atoms with van der Waals surface area (Å²) in [6.45, 7) is 4.57. The maximum Gasteiger partial charge on any atom is 0.254 e. The van der Waals surface area contributed by atoms with Gasteiger partial charge in [-0.15, -0.1) is 0 Å². The Kier molecular flexibility index (Phi) is 4.35. The zero-order valence-corrected chi connectivity index (χ0v) is 12.7. The van der Waals surface area contributed by atoms with Gasteiger partial charge in [0, 0.05) is 17.8 Å². The fourth-order valence-electron chi connectivity index (χ4n) is 2.72. The molecule has 0 saturated heterocycles. The summed E-state index contributed by atoms with van der Waals surface area (Å²) in [7, 11) is 0. The molecule has 0 bridgehead atoms. The molecule has 1 heterocycles. The number of fused-ring (bicyclic) bond motifs is 1. The van der Waals surface area contributed by atoms with Gasteiger partial charge in [-0.3, -0.25) is 20.3 Å². The summed E-state index contributed by atoms with van der Waals surface area (Å²) >= 11 is 0. The largest absolute Gasteiger partial charge is 0.399 e. The number of guanidine groups is 1. The normalized spacial score (nSPS) is 16.8. The van der Waals surface area contributed by atoms with Gasteiger partial charge in [0.25, 0.3) is 5.91 Å². The van der Waals surface area contributed by atoms with Gasteiger partial charge in [0.15, 0.2) is 5.96 Å². The van der Waals surface area contributed by atoms with Crippen LogP contribution < -0.4 is 16.8 Å². The van der Waals surface area contributed by atoms with Gasteiger partial charge in [0.1, 0.15) is 0 Å². The Bertz CT molecular complexity index is 626. The maximum absolute atomic E-state index is 12.5. The van der Waals surface area contributed by atoms with Gasteiger partial charge in [-0.05, 0) is 29.7 Å². The Labute approximate surface area is 129 Å². The van der Waals surface area contributed by atoms with E-state index in [2.05, 4.69) is 5.32 Å². The summed E-state index contributed by atoms with van der Waals surface area (Å²) in [4.78, 5) is 26.2. The monoisotopic (exact) mass is 303 g/mol. The van der Waals surface area contributed by atoms with E-state index in [0.717, 1.165) is 5.56 Å². The van der Waals surface area contributed by atoms with E-state index in [1.807, 2.05) is 13.8 Å². The minimum atomic E-state index is -0.405. The number of nitrogens with one attached hydrogen (secondary N) is 2. The average molecular weight is 303 g/mol. The number of carbonyl (C=O) groups is 2. The highest BCUT2D eigenvalue weighted by Gasteiger charge is 2.38. The van der Waals surface area contributed by atoms with Crippen molar-refractivity contribution in [1.29, 1.82) is 5.41 Å². The molecule has 1 aromatic rings. The van der Waals surface area contributed by atoms with Crippen LogP contribution in [0.4, 0.5) is 5.69 Å². The summed E-state index contributed by atoms with van der Waals surface area (Å²) in [5.74, 6) is -0.620. The fourth-order valence-corrected chi connectivity index (χ4v) is 2.72. The Hall–Kier alpha value is -2.57. The first-order valence-electron chi connectivity index (χ1n) is 7.14. The first kappa shape index (κ1) is 15.8. The summed E-state index contributed by atoms with van der Waals surface area (Å²) < 4.78 is 0. The van der Waals surface area contributed by atoms with Crippen molar-refractivity contribution in [1.82, 2.24) is 10.2 Å². The second-order valence-electron chi connectivity index (χ2n) is 5.88. The smallest absolute Gasteiger partial charge is 0.254 e. The Morgan fingerprint density at radius 3 is 2.73 bits per heavy atom. The third-order valence-corrected chi connectivity index (χ3v) is 3.52. The van der Waals surface area contributed by atoms with Crippen molar-refractivity contribution in [2.24, 2.45) is 11.7 Å². The van der Waals surface area contributed by atoms with E-state index in [0.29, 0.717) is 17.8 Å². The molecule has 118 valence electrons. The molecule has 0 fully saturated rings. The molecule has 0 radical (unpaired) electrons. The number of hydrogen-bond acceptors (Lipinski definition) is 4. The third kappa shape index (κ3) is 3.19. The molecule has 0 spiro atoms. The van der Waals surface area contributed by atoms with Crippen LogP contribution in [0, 0.1) is 11.3 Å². The van der Waals surface area contributed by atoms with Crippen molar-refractivity contribution in [3.63, 3.8) is 0 Å². The van der Waals surface area contributed by atoms with E-state index in [9.17, 15) is 9.59 Å². The minimum Gasteiger partial charge on any atom is -0.399 e. The number of nitrogens with two attached hydrogens (primary N) is 2. The predicted octanol–water partition coefficient (Wildman–Crippen LogP) is 0.821. The van der Waals surface area contributed by atoms with E-state index in [1.54, 1.807) is 23.1 Å². The summed E-state index contributed by atoms with van der Waals surface area (Å²) in [6, 6.07) is 4.73. The van der Waals surface area contributed by atoms with Crippen LogP contribution in [0.25, 0.3) is 0 Å². The minimum absolute atomic E-state index is 0.0501. The lowest BCUT2D eigenvalue weighted by Crippen LogP contribution is -2.39. The Morgan fingerprint density at radius 2 is 2.14 bits per heavy atom. The first-order chi connectivity index (χ1) is 10.3. The molecule has 1 aliphatic heterocycles. The van der Waals surface area contributed by atoms with E-state index < -0.39 is 11.9 Å². The van der Waals surface area contributed by atoms with Gasteiger partial charge >= 0.3 is 0 Å². The van der Waals surface area contributed by atoms with E-state index in [1.165, 1.54) is 0 Å². The molecular weight excluding hydrogens is 282 g/mol. The highest BCUT2D eigenvalue weighted by atomic mass is 16.2. The molecular formula is C15H21N5O2. The quantitative estimate of drug-likeness (QED) is 0.373. The molecule has 2 rings (SSSR count). The van der Waals surface area contributed by atoms with Crippen molar-refractivity contribution < 1.29 is 9.59 Å². The maximum atomic E-state index is 12.5. The molecule has 2 amide bonds. The summed E-state index contributed by atoms with van der Waals surface area (Å²) in [6.07, 6.45) is 0.0501. The van der Waals surface area contributed by atoms with Crippen LogP contribution in [0.2, 0.25) is 0 Å². The van der Waals surface area contributed by atoms with Crippen LogP contribution in [0.15, 0.2) is 18.2 Å². The van der Waals surface area contributed by atoms with E-state index in [-0.39, 0.29) is 24.3 Å². The molecule has 1 aliphatic rings. The Morgan fingerprint density at radius 1 is 1.45 bits per heavy atom. The van der Waals surface area contributed by atoms with Crippen LogP contribution in [-0.4, -0.2) is 29.2 Å². The van der Waals surface area contributed by atoms with Crippen molar-refractivity contribution >= 4 is 23.5 Å². The van der Waals surface area contributed by atoms with Crippen molar-refractivity contribution in [2.75, 3.05) is 12.3 Å². The molecule has 1 atom stereocenters. The van der Waals surface area contributed by atoms with Crippen LogP contribution >= 0.6 is 0 Å². The second-order valence-corrected chi connectivity index (χ2v) is 5.88. The molecule has 0 saturated carbocycles. The number of benzene rings is 1. The predicted molar refractivity (Wildman–Crippen MR) is 84.1 cm³/mol. The summed E-state index contributed by atoms with van der Waals surface area (Å²) in [5, 5.41) is 9.38. The second kappa shape index (κ2) is 6.05. The number of nitrogen functional groups attached to an aromatic ring is 1. The fraction of sp³-hybridized carbons (Fsp3) is 0.400. The van der Waals surface area contributed by atoms with Gasteiger partial charge in [0.2, 0.25) is 5.91 Å². The molecule has 1 unspecified atom stereocenters. The number of rotatable bonds is 4. The lowest BCUT2D eigenvalue weighted by atomic mass is 10.0. The molecule has 7 nitrogen and oxygen atoms in total. The van der Waals surface area contributed by atoms with Crippen molar-refractivity contribution in [2.45, 2.75) is 26.3 Å². The van der Waals surface area contributed by atoms with Crippen LogP contribution in [0.3, 0.4) is 0 Å². The van der Waals surface area contributed by atoms with Crippen LogP contribution in [0.5, 0.6) is 0 Å². The van der Waals surface area contributed by atoms with Gasteiger partial charge < -0.3 is 16.4 Å². The molecule has 1 aromatic carbocycles. The van der Waals surface area contributed by atoms with Gasteiger partial charge in [-0.1, -0.05) is 13.8 Å². The highest BCUT2D eigenvalue weighted by molar-refractivity contribution is 6.01. The zero-order valence-electron chi connectivity index (χ0n) is 12.7. The number of hydrogen-bond donors (Lipinski definition) is 4. The SMILES string of the molecule is CC(C)CN1C(=O)c2ccc(N)cc2C1CC(=O)NC(=N)N. The topological polar surface area (TPSA) is 125 Å². The number of carbonyl (C=O) groups excluding carboxylic acids is 2. The average Bonchev–Trinajstić information content (AvgIpc) is 2.62. The number of amides is 2. The number of anilines is 1. The molecule has 7 heteroatoms. The lowest BCUT2D eigenvalue weighted by molar-refractivity contribution is -0.120. The number of nitrogens with zero attached hydrogens (tertiary/aromatic N) is 1. The third-order valence-electron chi connectivity index (χ3n) is 3.52. The van der Waals surface area contributed by atoms with E-state index >= 15 is 0 Å². The molecule has 0 aliphatic carbocycles. The van der Waals surface area contributed by atoms with E-state index in [4.69, 9.17) is 16.9 Å². The molecule has 6 N–H and O–H groups in total. The Balaban J connectivity index is 2.33. The van der Waals surface area contributed by atoms with Crippen LogP contribution in [0.1, 0.15) is 42.2 Å². The summed E-state index contributed by atoms with van der Waals surface area (Å²) in [5.41, 5.74) is 12.9. The van der Waals surface area contributed by atoms with Gasteiger partial charge in [-0.25, -0.2) is 0 Å². The molecule has 22 heavy (non-hydrogen) atoms. The standard InChI is InChI=1S/C15H21N5O2/c1-8(2)7-20-12(6-13(21)19-15(17)18)11-5-9(16)3-4-10(11)14(20)22/h3-5,8,12H,6-7,16H2,1-2H3,(H4,17,18,19,21). The lowest BCUT2D eigenvalue weighted by Gasteiger charge is -2.26.